The van der Waals surface area contributed by atoms with Gasteiger partial charge in [0.05, 0.1) is 31.4 Å². The Morgan fingerprint density at radius 3 is 2.44 bits per heavy atom. The third kappa shape index (κ3) is 4.38. The standard InChI is InChI=1S/C24H30N2O5S/c1-6-25(7-2)11-12-26-20(23-15(3)10-13-32-23)19(22(28)24(26)29)21(27)17-9-8-16(30-4)14-18(17)31-5/h8-10,13-14,20,27H,6-7,11-12H2,1-5H3/b21-19+. The lowest BCUT2D eigenvalue weighted by molar-refractivity contribution is -0.140. The largest absolute Gasteiger partial charge is 0.507 e. The minimum atomic E-state index is -0.683. The lowest BCUT2D eigenvalue weighted by Crippen LogP contribution is -2.37. The second-order valence-corrected chi connectivity index (χ2v) is 8.50. The molecule has 32 heavy (non-hydrogen) atoms. The third-order valence-corrected chi connectivity index (χ3v) is 6.98. The summed E-state index contributed by atoms with van der Waals surface area (Å²) in [6, 6.07) is 6.26. The van der Waals surface area contributed by atoms with E-state index in [9.17, 15) is 14.7 Å². The highest BCUT2D eigenvalue weighted by Gasteiger charge is 2.47. The lowest BCUT2D eigenvalue weighted by atomic mass is 9.98. The number of aliphatic hydroxyl groups is 1. The van der Waals surface area contributed by atoms with Crippen LogP contribution in [0.1, 0.15) is 35.9 Å². The van der Waals surface area contributed by atoms with Gasteiger partial charge in [-0.3, -0.25) is 9.59 Å². The Hall–Kier alpha value is -2.84. The van der Waals surface area contributed by atoms with Crippen molar-refractivity contribution in [1.29, 1.82) is 0 Å². The van der Waals surface area contributed by atoms with Crippen molar-refractivity contribution in [3.63, 3.8) is 0 Å². The van der Waals surface area contributed by atoms with E-state index in [0.717, 1.165) is 23.5 Å². The summed E-state index contributed by atoms with van der Waals surface area (Å²) in [5.41, 5.74) is 1.40. The van der Waals surface area contributed by atoms with E-state index in [1.165, 1.54) is 25.6 Å². The smallest absolute Gasteiger partial charge is 0.295 e. The highest BCUT2D eigenvalue weighted by atomic mass is 32.1. The zero-order valence-corrected chi connectivity index (χ0v) is 20.0. The van der Waals surface area contributed by atoms with Gasteiger partial charge in [-0.2, -0.15) is 0 Å². The van der Waals surface area contributed by atoms with Crippen LogP contribution in [-0.4, -0.2) is 67.0 Å². The molecule has 1 aromatic heterocycles. The van der Waals surface area contributed by atoms with Gasteiger partial charge in [0.25, 0.3) is 11.7 Å². The molecule has 3 rings (SSSR count). The molecular weight excluding hydrogens is 428 g/mol. The summed E-state index contributed by atoms with van der Waals surface area (Å²) in [5.74, 6) is -0.603. The van der Waals surface area contributed by atoms with Crippen molar-refractivity contribution in [3.8, 4) is 11.5 Å². The molecule has 1 fully saturated rings. The minimum absolute atomic E-state index is 0.0866. The van der Waals surface area contributed by atoms with Gasteiger partial charge in [-0.25, -0.2) is 0 Å². The molecule has 2 aromatic rings. The van der Waals surface area contributed by atoms with Gasteiger partial charge in [-0.05, 0) is 49.2 Å². The van der Waals surface area contributed by atoms with E-state index in [2.05, 4.69) is 18.7 Å². The van der Waals surface area contributed by atoms with Crippen molar-refractivity contribution < 1.29 is 24.2 Å². The second-order valence-electron chi connectivity index (χ2n) is 7.55. The fraction of sp³-hybridized carbons (Fsp3) is 0.417. The first-order chi connectivity index (χ1) is 15.4. The van der Waals surface area contributed by atoms with Crippen LogP contribution in [0.5, 0.6) is 11.5 Å². The van der Waals surface area contributed by atoms with E-state index in [1.54, 1.807) is 23.1 Å². The summed E-state index contributed by atoms with van der Waals surface area (Å²) in [7, 11) is 3.02. The zero-order chi connectivity index (χ0) is 23.4. The second kappa shape index (κ2) is 10.2. The van der Waals surface area contributed by atoms with Crippen LogP contribution >= 0.6 is 11.3 Å². The van der Waals surface area contributed by atoms with Crippen molar-refractivity contribution in [2.45, 2.75) is 26.8 Å². The van der Waals surface area contributed by atoms with Crippen molar-refractivity contribution in [3.05, 3.63) is 51.2 Å². The van der Waals surface area contributed by atoms with Crippen molar-refractivity contribution >= 4 is 28.8 Å². The number of hydrogen-bond acceptors (Lipinski definition) is 7. The Morgan fingerprint density at radius 2 is 1.88 bits per heavy atom. The third-order valence-electron chi connectivity index (χ3n) is 5.91. The Balaban J connectivity index is 2.13. The summed E-state index contributed by atoms with van der Waals surface area (Å²) < 4.78 is 10.7. The van der Waals surface area contributed by atoms with E-state index < -0.39 is 17.7 Å². The molecule has 8 heteroatoms. The van der Waals surface area contributed by atoms with Gasteiger partial charge in [0, 0.05) is 24.0 Å². The van der Waals surface area contributed by atoms with E-state index in [1.807, 2.05) is 18.4 Å². The molecule has 0 spiro atoms. The van der Waals surface area contributed by atoms with Gasteiger partial charge in [0.2, 0.25) is 0 Å². The number of likely N-dealkylation sites (tertiary alicyclic amines) is 1. The monoisotopic (exact) mass is 458 g/mol. The quantitative estimate of drug-likeness (QED) is 0.349. The molecular formula is C24H30N2O5S. The van der Waals surface area contributed by atoms with Gasteiger partial charge in [-0.1, -0.05) is 13.8 Å². The summed E-state index contributed by atoms with van der Waals surface area (Å²) in [4.78, 5) is 30.9. The molecule has 1 aliphatic heterocycles. The number of ketones is 1. The molecule has 172 valence electrons. The molecule has 1 N–H and O–H groups in total. The van der Waals surface area contributed by atoms with Crippen LogP contribution in [0.15, 0.2) is 35.2 Å². The van der Waals surface area contributed by atoms with Crippen molar-refractivity contribution in [2.75, 3.05) is 40.4 Å². The number of carbonyl (C=O) groups is 2. The molecule has 1 aromatic carbocycles. The number of nitrogens with zero attached hydrogens (tertiary/aromatic N) is 2. The number of hydrogen-bond donors (Lipinski definition) is 1. The molecule has 0 aliphatic carbocycles. The fourth-order valence-corrected chi connectivity index (χ4v) is 5.02. The molecule has 1 aliphatic rings. The van der Waals surface area contributed by atoms with E-state index in [0.29, 0.717) is 30.2 Å². The van der Waals surface area contributed by atoms with Crippen LogP contribution in [-0.2, 0) is 9.59 Å². The van der Waals surface area contributed by atoms with Gasteiger partial charge in [0.15, 0.2) is 0 Å². The molecule has 1 amide bonds. The zero-order valence-electron chi connectivity index (χ0n) is 19.2. The molecule has 2 heterocycles. The maximum atomic E-state index is 13.2. The predicted molar refractivity (Wildman–Crippen MR) is 125 cm³/mol. The first-order valence-electron chi connectivity index (χ1n) is 10.6. The summed E-state index contributed by atoms with van der Waals surface area (Å²) in [6.07, 6.45) is 0. The highest BCUT2D eigenvalue weighted by molar-refractivity contribution is 7.10. The summed E-state index contributed by atoms with van der Waals surface area (Å²) in [6.45, 7) is 8.82. The van der Waals surface area contributed by atoms with Gasteiger partial charge < -0.3 is 24.4 Å². The average Bonchev–Trinajstić information content (AvgIpc) is 3.34. The number of aryl methyl sites for hydroxylation is 1. The van der Waals surface area contributed by atoms with Crippen LogP contribution in [0.25, 0.3) is 5.76 Å². The number of aliphatic hydroxyl groups excluding tert-OH is 1. The molecule has 1 atom stereocenters. The molecule has 1 unspecified atom stereocenters. The summed E-state index contributed by atoms with van der Waals surface area (Å²) in [5, 5.41) is 13.2. The van der Waals surface area contributed by atoms with Gasteiger partial charge in [-0.15, -0.1) is 11.3 Å². The van der Waals surface area contributed by atoms with Crippen LogP contribution < -0.4 is 9.47 Å². The first-order valence-corrected chi connectivity index (χ1v) is 11.5. The van der Waals surface area contributed by atoms with Gasteiger partial charge in [0.1, 0.15) is 17.3 Å². The number of rotatable bonds is 9. The minimum Gasteiger partial charge on any atom is -0.507 e. The number of methoxy groups -OCH3 is 2. The molecule has 0 bridgehead atoms. The van der Waals surface area contributed by atoms with E-state index in [-0.39, 0.29) is 11.3 Å². The molecule has 7 nitrogen and oxygen atoms in total. The highest BCUT2D eigenvalue weighted by Crippen LogP contribution is 2.43. The molecule has 1 saturated heterocycles. The number of amides is 1. The van der Waals surface area contributed by atoms with Crippen LogP contribution in [0.4, 0.5) is 0 Å². The van der Waals surface area contributed by atoms with Crippen molar-refractivity contribution in [1.82, 2.24) is 9.80 Å². The fourth-order valence-electron chi connectivity index (χ4n) is 3.98. The average molecular weight is 459 g/mol. The normalized spacial score (nSPS) is 17.9. The summed E-state index contributed by atoms with van der Waals surface area (Å²) >= 11 is 1.48. The Labute approximate surface area is 192 Å². The first kappa shape index (κ1) is 23.8. The predicted octanol–water partition coefficient (Wildman–Crippen LogP) is 3.84. The number of likely N-dealkylation sites (N-methyl/N-ethyl adjacent to an activating group) is 1. The Bertz CT molecular complexity index is 1030. The van der Waals surface area contributed by atoms with E-state index >= 15 is 0 Å². The number of benzene rings is 1. The number of thiophene rings is 1. The molecule has 0 saturated carbocycles. The van der Waals surface area contributed by atoms with Crippen LogP contribution in [0.3, 0.4) is 0 Å². The number of ether oxygens (including phenoxy) is 2. The van der Waals surface area contributed by atoms with Gasteiger partial charge >= 0.3 is 0 Å². The topological polar surface area (TPSA) is 79.3 Å². The lowest BCUT2D eigenvalue weighted by Gasteiger charge is -2.28. The Kier molecular flexibility index (Phi) is 7.58. The van der Waals surface area contributed by atoms with Crippen LogP contribution in [0, 0.1) is 6.92 Å². The molecule has 0 radical (unpaired) electrons. The van der Waals surface area contributed by atoms with E-state index in [4.69, 9.17) is 9.47 Å². The maximum Gasteiger partial charge on any atom is 0.295 e. The van der Waals surface area contributed by atoms with Crippen LogP contribution in [0.2, 0.25) is 0 Å². The number of Topliss-reactive ketones (excluding diaryl/α,β-unsaturated/α-hetero) is 1. The Morgan fingerprint density at radius 1 is 1.16 bits per heavy atom. The maximum absolute atomic E-state index is 13.2. The number of carbonyl (C=O) groups excluding carboxylic acids is 2. The van der Waals surface area contributed by atoms with Crippen molar-refractivity contribution in [2.24, 2.45) is 0 Å². The SMILES string of the molecule is CCN(CC)CCN1C(=O)C(=O)/C(=C(/O)c2ccc(OC)cc2OC)C1c1sccc1C.